The zero-order valence-electron chi connectivity index (χ0n) is 6.96. The molecule has 3 nitrogen and oxygen atoms in total. The van der Waals surface area contributed by atoms with Crippen LogP contribution in [0.25, 0.3) is 0 Å². The summed E-state index contributed by atoms with van der Waals surface area (Å²) >= 11 is 0. The maximum atomic E-state index is 5.45. The van der Waals surface area contributed by atoms with E-state index < -0.39 is 0 Å². The van der Waals surface area contributed by atoms with Gasteiger partial charge < -0.3 is 9.57 Å². The van der Waals surface area contributed by atoms with Crippen molar-refractivity contribution in [1.82, 2.24) is 0 Å². The van der Waals surface area contributed by atoms with Crippen LogP contribution in [-0.2, 0) is 9.57 Å². The van der Waals surface area contributed by atoms with Crippen molar-refractivity contribution in [2.75, 3.05) is 13.2 Å². The summed E-state index contributed by atoms with van der Waals surface area (Å²) in [5.41, 5.74) is 1.24. The molecule has 2 aliphatic heterocycles. The second-order valence-corrected chi connectivity index (χ2v) is 3.70. The summed E-state index contributed by atoms with van der Waals surface area (Å²) in [4.78, 5) is 5.05. The van der Waals surface area contributed by atoms with E-state index in [0.29, 0.717) is 12.7 Å². The van der Waals surface area contributed by atoms with E-state index in [0.717, 1.165) is 18.7 Å². The predicted octanol–water partition coefficient (Wildman–Crippen LogP) is 1.19. The van der Waals surface area contributed by atoms with Crippen molar-refractivity contribution in [2.45, 2.75) is 26.4 Å². The van der Waals surface area contributed by atoms with E-state index in [-0.39, 0.29) is 5.41 Å². The lowest BCUT2D eigenvalue weighted by atomic mass is 9.80. The van der Waals surface area contributed by atoms with Crippen LogP contribution in [0.5, 0.6) is 0 Å². The first-order chi connectivity index (χ1) is 5.21. The van der Waals surface area contributed by atoms with Crippen LogP contribution in [0.1, 0.15) is 20.3 Å². The largest absolute Gasteiger partial charge is 0.395 e. The minimum Gasteiger partial charge on any atom is -0.395 e. The number of oxime groups is 1. The van der Waals surface area contributed by atoms with Crippen molar-refractivity contribution in [1.29, 1.82) is 0 Å². The lowest BCUT2D eigenvalue weighted by Crippen LogP contribution is -2.40. The molecule has 0 radical (unpaired) electrons. The number of rotatable bonds is 0. The Hall–Kier alpha value is -0.570. The van der Waals surface area contributed by atoms with Gasteiger partial charge in [-0.05, 0) is 13.3 Å². The predicted molar refractivity (Wildman–Crippen MR) is 41.5 cm³/mol. The molecule has 0 aliphatic carbocycles. The first-order valence-corrected chi connectivity index (χ1v) is 4.02. The Balaban J connectivity index is 2.19. The Morgan fingerprint density at radius 2 is 2.45 bits per heavy atom. The van der Waals surface area contributed by atoms with E-state index in [2.05, 4.69) is 19.0 Å². The van der Waals surface area contributed by atoms with Crippen LogP contribution < -0.4 is 0 Å². The van der Waals surface area contributed by atoms with Gasteiger partial charge in [0.2, 0.25) is 0 Å². The number of nitrogens with zero attached hydrogens (tertiary/aromatic N) is 1. The van der Waals surface area contributed by atoms with Crippen LogP contribution in [0.4, 0.5) is 0 Å². The minimum atomic E-state index is 0.164. The molecular formula is C8H13NO2. The average Bonchev–Trinajstić information content (AvgIpc) is 2.28. The summed E-state index contributed by atoms with van der Waals surface area (Å²) in [5, 5.41) is 3.96. The van der Waals surface area contributed by atoms with Gasteiger partial charge in [-0.1, -0.05) is 12.1 Å². The molecule has 62 valence electrons. The Bertz CT molecular complexity index is 202. The van der Waals surface area contributed by atoms with Crippen molar-refractivity contribution in [3.63, 3.8) is 0 Å². The van der Waals surface area contributed by atoms with E-state index in [1.807, 2.05) is 0 Å². The van der Waals surface area contributed by atoms with Crippen LogP contribution in [-0.4, -0.2) is 25.0 Å². The molecule has 2 rings (SSSR count). The van der Waals surface area contributed by atoms with Gasteiger partial charge in [-0.3, -0.25) is 0 Å². The molecule has 2 aliphatic rings. The summed E-state index contributed by atoms with van der Waals surface area (Å²) < 4.78 is 5.45. The van der Waals surface area contributed by atoms with E-state index >= 15 is 0 Å². The van der Waals surface area contributed by atoms with Crippen molar-refractivity contribution in [3.05, 3.63) is 0 Å². The van der Waals surface area contributed by atoms with Crippen molar-refractivity contribution in [3.8, 4) is 0 Å². The van der Waals surface area contributed by atoms with Crippen molar-refractivity contribution in [2.24, 2.45) is 10.6 Å². The summed E-state index contributed by atoms with van der Waals surface area (Å²) in [6.07, 6.45) is 1.38. The van der Waals surface area contributed by atoms with E-state index in [9.17, 15) is 0 Å². The fraction of sp³-hybridized carbons (Fsp3) is 0.875. The Kier molecular flexibility index (Phi) is 1.42. The molecule has 11 heavy (non-hydrogen) atoms. The highest BCUT2D eigenvalue weighted by Crippen LogP contribution is 2.34. The van der Waals surface area contributed by atoms with Gasteiger partial charge >= 0.3 is 0 Å². The Labute approximate surface area is 66.4 Å². The molecule has 0 aromatic carbocycles. The summed E-state index contributed by atoms with van der Waals surface area (Å²) in [6.45, 7) is 5.67. The highest BCUT2D eigenvalue weighted by molar-refractivity contribution is 5.92. The van der Waals surface area contributed by atoms with Gasteiger partial charge in [0.15, 0.2) is 0 Å². The van der Waals surface area contributed by atoms with E-state index in [1.54, 1.807) is 0 Å². The Morgan fingerprint density at radius 3 is 3.27 bits per heavy atom. The summed E-state index contributed by atoms with van der Waals surface area (Å²) in [6, 6.07) is 0. The summed E-state index contributed by atoms with van der Waals surface area (Å²) in [5.74, 6) is 0. The molecule has 0 bridgehead atoms. The lowest BCUT2D eigenvalue weighted by molar-refractivity contribution is 0.0298. The van der Waals surface area contributed by atoms with Gasteiger partial charge in [0.05, 0.1) is 23.8 Å². The van der Waals surface area contributed by atoms with Crippen LogP contribution in [0.15, 0.2) is 5.16 Å². The molecule has 0 saturated carbocycles. The molecule has 1 fully saturated rings. The molecule has 0 spiro atoms. The topological polar surface area (TPSA) is 30.8 Å². The van der Waals surface area contributed by atoms with Gasteiger partial charge in [0, 0.05) is 0 Å². The minimum absolute atomic E-state index is 0.164. The first kappa shape index (κ1) is 7.10. The quantitative estimate of drug-likeness (QED) is 0.526. The van der Waals surface area contributed by atoms with Gasteiger partial charge in [0.25, 0.3) is 0 Å². The standard InChI is InChI=1S/C8H13NO2/c1-6-3-8(2)5-11-9-7(8)4-10-6/h6H,3-5H2,1-2H3/t6-,8-/m0/s1. The average molecular weight is 155 g/mol. The van der Waals surface area contributed by atoms with Crippen LogP contribution in [0.2, 0.25) is 0 Å². The number of hydrogen-bond acceptors (Lipinski definition) is 3. The molecular weight excluding hydrogens is 142 g/mol. The van der Waals surface area contributed by atoms with E-state index in [4.69, 9.17) is 9.57 Å². The lowest BCUT2D eigenvalue weighted by Gasteiger charge is -2.32. The third-order valence-corrected chi connectivity index (χ3v) is 2.50. The van der Waals surface area contributed by atoms with Gasteiger partial charge in [-0.2, -0.15) is 0 Å². The maximum Gasteiger partial charge on any atom is 0.128 e. The second-order valence-electron chi connectivity index (χ2n) is 3.70. The molecule has 0 N–H and O–H groups in total. The zero-order chi connectivity index (χ0) is 7.90. The fourth-order valence-electron chi connectivity index (χ4n) is 1.74. The van der Waals surface area contributed by atoms with Gasteiger partial charge in [0.1, 0.15) is 6.61 Å². The highest BCUT2D eigenvalue weighted by Gasteiger charge is 2.41. The zero-order valence-corrected chi connectivity index (χ0v) is 6.96. The van der Waals surface area contributed by atoms with Gasteiger partial charge in [-0.15, -0.1) is 0 Å². The monoisotopic (exact) mass is 155 g/mol. The summed E-state index contributed by atoms with van der Waals surface area (Å²) in [7, 11) is 0. The SMILES string of the molecule is C[C@H]1C[C@@]2(C)CON=C2CO1. The van der Waals surface area contributed by atoms with Crippen LogP contribution >= 0.6 is 0 Å². The highest BCUT2D eigenvalue weighted by atomic mass is 16.6. The molecule has 0 aromatic heterocycles. The normalized spacial score (nSPS) is 42.7. The molecule has 0 amide bonds. The number of ether oxygens (including phenoxy) is 1. The number of hydrogen-bond donors (Lipinski definition) is 0. The fourth-order valence-corrected chi connectivity index (χ4v) is 1.74. The Morgan fingerprint density at radius 1 is 1.64 bits per heavy atom. The second kappa shape index (κ2) is 2.21. The molecule has 0 unspecified atom stereocenters. The third kappa shape index (κ3) is 1.03. The molecule has 0 aromatic rings. The first-order valence-electron chi connectivity index (χ1n) is 4.02. The molecule has 2 heterocycles. The van der Waals surface area contributed by atoms with Crippen LogP contribution in [0.3, 0.4) is 0 Å². The number of fused-ring (bicyclic) bond motifs is 1. The van der Waals surface area contributed by atoms with Crippen molar-refractivity contribution >= 4 is 5.71 Å². The maximum absolute atomic E-state index is 5.45. The molecule has 1 saturated heterocycles. The molecule has 3 heteroatoms. The van der Waals surface area contributed by atoms with Crippen molar-refractivity contribution < 1.29 is 9.57 Å². The smallest absolute Gasteiger partial charge is 0.128 e. The van der Waals surface area contributed by atoms with Crippen LogP contribution in [0, 0.1) is 5.41 Å². The molecule has 2 atom stereocenters. The van der Waals surface area contributed by atoms with Gasteiger partial charge in [-0.25, -0.2) is 0 Å². The third-order valence-electron chi connectivity index (χ3n) is 2.50. The van der Waals surface area contributed by atoms with E-state index in [1.165, 1.54) is 0 Å².